The number of unbranched alkanes of at least 4 members (excludes halogenated alkanes) is 2. The zero-order valence-electron chi connectivity index (χ0n) is 11.4. The maximum atomic E-state index is 11.9. The van der Waals surface area contributed by atoms with E-state index in [4.69, 9.17) is 0 Å². The first-order valence-corrected chi connectivity index (χ1v) is 8.11. The van der Waals surface area contributed by atoms with E-state index in [1.165, 1.54) is 23.5 Å². The number of nitro groups is 1. The molecular formula is C12H14N4O3S2. The van der Waals surface area contributed by atoms with Crippen LogP contribution in [-0.4, -0.2) is 21.0 Å². The van der Waals surface area contributed by atoms with Crippen molar-refractivity contribution in [1.82, 2.24) is 10.2 Å². The molecule has 0 spiro atoms. The maximum Gasteiger partial charge on any atom is 0.324 e. The van der Waals surface area contributed by atoms with E-state index >= 15 is 0 Å². The van der Waals surface area contributed by atoms with Gasteiger partial charge in [-0.25, -0.2) is 0 Å². The molecule has 112 valence electrons. The average molecular weight is 326 g/mol. The van der Waals surface area contributed by atoms with Gasteiger partial charge < -0.3 is 0 Å². The Morgan fingerprint density at radius 2 is 2.14 bits per heavy atom. The molecule has 9 heteroatoms. The fourth-order valence-electron chi connectivity index (χ4n) is 1.64. The standard InChI is InChI=1S/C12H14N4O3S2/c1-2-3-4-5-9-14-15-12(21-9)13-11(17)8-6-7-10(20-8)16(18)19/h6-7H,2-5H2,1H3,(H,13,15,17). The van der Waals surface area contributed by atoms with Crippen molar-refractivity contribution < 1.29 is 9.72 Å². The monoisotopic (exact) mass is 326 g/mol. The van der Waals surface area contributed by atoms with Crippen molar-refractivity contribution in [2.24, 2.45) is 0 Å². The van der Waals surface area contributed by atoms with Crippen LogP contribution < -0.4 is 5.32 Å². The van der Waals surface area contributed by atoms with E-state index in [1.54, 1.807) is 0 Å². The zero-order chi connectivity index (χ0) is 15.2. The van der Waals surface area contributed by atoms with Gasteiger partial charge in [0.05, 0.1) is 9.80 Å². The minimum Gasteiger partial charge on any atom is -0.296 e. The van der Waals surface area contributed by atoms with Gasteiger partial charge in [-0.1, -0.05) is 42.4 Å². The van der Waals surface area contributed by atoms with Gasteiger partial charge in [-0.15, -0.1) is 10.2 Å². The van der Waals surface area contributed by atoms with Crippen molar-refractivity contribution in [2.45, 2.75) is 32.6 Å². The molecule has 2 aromatic rings. The minimum atomic E-state index is -0.516. The topological polar surface area (TPSA) is 98.0 Å². The summed E-state index contributed by atoms with van der Waals surface area (Å²) in [7, 11) is 0. The second kappa shape index (κ2) is 7.23. The lowest BCUT2D eigenvalue weighted by Gasteiger charge is -1.96. The third-order valence-corrected chi connectivity index (χ3v) is 4.61. The number of amides is 1. The van der Waals surface area contributed by atoms with Crippen LogP contribution in [0.2, 0.25) is 0 Å². The molecule has 7 nitrogen and oxygen atoms in total. The number of rotatable bonds is 7. The average Bonchev–Trinajstić information content (AvgIpc) is 3.08. The number of carbonyl (C=O) groups is 1. The zero-order valence-corrected chi connectivity index (χ0v) is 13.0. The van der Waals surface area contributed by atoms with Crippen molar-refractivity contribution >= 4 is 38.7 Å². The van der Waals surface area contributed by atoms with Gasteiger partial charge >= 0.3 is 5.00 Å². The highest BCUT2D eigenvalue weighted by Gasteiger charge is 2.16. The third-order valence-electron chi connectivity index (χ3n) is 2.68. The van der Waals surface area contributed by atoms with E-state index in [0.717, 1.165) is 42.0 Å². The molecular weight excluding hydrogens is 312 g/mol. The summed E-state index contributed by atoms with van der Waals surface area (Å²) >= 11 is 2.17. The molecule has 0 atom stereocenters. The molecule has 2 aromatic heterocycles. The maximum absolute atomic E-state index is 11.9. The highest BCUT2D eigenvalue weighted by molar-refractivity contribution is 7.17. The van der Waals surface area contributed by atoms with Gasteiger partial charge in [-0.05, 0) is 12.5 Å². The summed E-state index contributed by atoms with van der Waals surface area (Å²) < 4.78 is 0. The number of aryl methyl sites for hydroxylation is 1. The van der Waals surface area contributed by atoms with Gasteiger partial charge in [0.2, 0.25) is 5.13 Å². The number of thiophene rings is 1. The van der Waals surface area contributed by atoms with E-state index in [9.17, 15) is 14.9 Å². The van der Waals surface area contributed by atoms with Gasteiger partial charge in [-0.3, -0.25) is 20.2 Å². The molecule has 0 unspecified atom stereocenters. The molecule has 2 heterocycles. The first-order valence-electron chi connectivity index (χ1n) is 6.48. The molecule has 0 aromatic carbocycles. The van der Waals surface area contributed by atoms with Crippen LogP contribution in [0.4, 0.5) is 10.1 Å². The number of anilines is 1. The Kier molecular flexibility index (Phi) is 5.34. The van der Waals surface area contributed by atoms with Gasteiger partial charge in [0, 0.05) is 12.5 Å². The quantitative estimate of drug-likeness (QED) is 0.477. The Morgan fingerprint density at radius 1 is 1.33 bits per heavy atom. The number of nitrogens with one attached hydrogen (secondary N) is 1. The number of nitrogens with zero attached hydrogens (tertiary/aromatic N) is 3. The van der Waals surface area contributed by atoms with Gasteiger partial charge in [0.25, 0.3) is 5.91 Å². The Morgan fingerprint density at radius 3 is 2.81 bits per heavy atom. The third kappa shape index (κ3) is 4.30. The summed E-state index contributed by atoms with van der Waals surface area (Å²) in [6.07, 6.45) is 4.18. The second-order valence-electron chi connectivity index (χ2n) is 4.31. The predicted molar refractivity (Wildman–Crippen MR) is 82.1 cm³/mol. The summed E-state index contributed by atoms with van der Waals surface area (Å²) in [4.78, 5) is 22.3. The van der Waals surface area contributed by atoms with Crippen LogP contribution in [0.3, 0.4) is 0 Å². The van der Waals surface area contributed by atoms with Gasteiger partial charge in [0.1, 0.15) is 5.01 Å². The van der Waals surface area contributed by atoms with Crippen LogP contribution in [0.1, 0.15) is 40.9 Å². The predicted octanol–water partition coefficient (Wildman–Crippen LogP) is 3.49. The lowest BCUT2D eigenvalue weighted by molar-refractivity contribution is -0.380. The smallest absolute Gasteiger partial charge is 0.296 e. The minimum absolute atomic E-state index is 0.0577. The van der Waals surface area contributed by atoms with Crippen molar-refractivity contribution in [3.05, 3.63) is 32.1 Å². The van der Waals surface area contributed by atoms with E-state index in [2.05, 4.69) is 22.4 Å². The number of hydrogen-bond donors (Lipinski definition) is 1. The van der Waals surface area contributed by atoms with E-state index in [1.807, 2.05) is 0 Å². The number of hydrogen-bond acceptors (Lipinski definition) is 7. The van der Waals surface area contributed by atoms with Crippen molar-refractivity contribution in [2.75, 3.05) is 5.32 Å². The number of carbonyl (C=O) groups excluding carboxylic acids is 1. The fraction of sp³-hybridized carbons (Fsp3) is 0.417. The summed E-state index contributed by atoms with van der Waals surface area (Å²) in [6.45, 7) is 2.13. The van der Waals surface area contributed by atoms with Crippen LogP contribution in [0.25, 0.3) is 0 Å². The molecule has 0 bridgehead atoms. The highest BCUT2D eigenvalue weighted by atomic mass is 32.1. The van der Waals surface area contributed by atoms with Crippen LogP contribution in [0.15, 0.2) is 12.1 Å². The Balaban J connectivity index is 1.94. The van der Waals surface area contributed by atoms with E-state index < -0.39 is 10.8 Å². The van der Waals surface area contributed by atoms with Crippen LogP contribution in [0, 0.1) is 10.1 Å². The van der Waals surface area contributed by atoms with Crippen LogP contribution >= 0.6 is 22.7 Å². The molecule has 0 fully saturated rings. The summed E-state index contributed by atoms with van der Waals surface area (Å²) in [5, 5.41) is 22.4. The SMILES string of the molecule is CCCCCc1nnc(NC(=O)c2ccc([N+](=O)[O-])s2)s1. The summed E-state index contributed by atoms with van der Waals surface area (Å²) in [5.74, 6) is -0.399. The lowest BCUT2D eigenvalue weighted by Crippen LogP contribution is -2.09. The molecule has 2 rings (SSSR count). The Labute approximate surface area is 129 Å². The molecule has 0 saturated heterocycles. The molecule has 0 aliphatic heterocycles. The molecule has 0 radical (unpaired) electrons. The first-order chi connectivity index (χ1) is 10.1. The van der Waals surface area contributed by atoms with Gasteiger partial charge in [-0.2, -0.15) is 0 Å². The molecule has 21 heavy (non-hydrogen) atoms. The highest BCUT2D eigenvalue weighted by Crippen LogP contribution is 2.25. The normalized spacial score (nSPS) is 10.5. The van der Waals surface area contributed by atoms with E-state index in [-0.39, 0.29) is 9.88 Å². The molecule has 0 aliphatic carbocycles. The molecule has 1 amide bonds. The van der Waals surface area contributed by atoms with Crippen LogP contribution in [0.5, 0.6) is 0 Å². The molecule has 0 saturated carbocycles. The van der Waals surface area contributed by atoms with Crippen LogP contribution in [-0.2, 0) is 6.42 Å². The largest absolute Gasteiger partial charge is 0.324 e. The van der Waals surface area contributed by atoms with Crippen molar-refractivity contribution in [3.63, 3.8) is 0 Å². The molecule has 0 aliphatic rings. The summed E-state index contributed by atoms with van der Waals surface area (Å²) in [6, 6.07) is 2.75. The Hall–Kier alpha value is -1.87. The Bertz CT molecular complexity index is 638. The summed E-state index contributed by atoms with van der Waals surface area (Å²) in [5.41, 5.74) is 0. The van der Waals surface area contributed by atoms with Crippen molar-refractivity contribution in [1.29, 1.82) is 0 Å². The van der Waals surface area contributed by atoms with Crippen molar-refractivity contribution in [3.8, 4) is 0 Å². The van der Waals surface area contributed by atoms with E-state index in [0.29, 0.717) is 5.13 Å². The first kappa shape index (κ1) is 15.5. The fourth-order valence-corrected chi connectivity index (χ4v) is 3.13. The second-order valence-corrected chi connectivity index (χ2v) is 6.43. The van der Waals surface area contributed by atoms with Gasteiger partial charge in [0.15, 0.2) is 0 Å². The number of aromatic nitrogens is 2. The lowest BCUT2D eigenvalue weighted by atomic mass is 10.2. The molecule has 1 N–H and O–H groups in total.